The van der Waals surface area contributed by atoms with Crippen LogP contribution < -0.4 is 5.32 Å². The summed E-state index contributed by atoms with van der Waals surface area (Å²) in [6.45, 7) is 11.8. The zero-order valence-corrected chi connectivity index (χ0v) is 11.1. The lowest BCUT2D eigenvalue weighted by atomic mass is 10.1. The molecule has 3 heteroatoms. The van der Waals surface area contributed by atoms with E-state index in [2.05, 4.69) is 42.8 Å². The maximum Gasteiger partial charge on any atom is 0.0628 e. The maximum atomic E-state index is 4.58. The lowest BCUT2D eigenvalue weighted by molar-refractivity contribution is 0.534. The molecule has 0 saturated carbocycles. The van der Waals surface area contributed by atoms with E-state index >= 15 is 0 Å². The average Bonchev–Trinajstić information content (AvgIpc) is 2.53. The van der Waals surface area contributed by atoms with E-state index in [0.29, 0.717) is 0 Å². The van der Waals surface area contributed by atoms with Crippen LogP contribution in [0.2, 0.25) is 0 Å². The summed E-state index contributed by atoms with van der Waals surface area (Å²) in [4.78, 5) is 0. The first kappa shape index (κ1) is 13.2. The summed E-state index contributed by atoms with van der Waals surface area (Å²) in [5.41, 5.74) is 3.93. The molecule has 0 radical (unpaired) electrons. The smallest absolute Gasteiger partial charge is 0.0628 e. The fourth-order valence-electron chi connectivity index (χ4n) is 2.08. The Bertz CT molecular complexity index is 315. The van der Waals surface area contributed by atoms with E-state index in [-0.39, 0.29) is 0 Å². The molecule has 0 unspecified atom stereocenters. The topological polar surface area (TPSA) is 29.9 Å². The molecule has 0 aliphatic heterocycles. The fraction of sp³-hybridized carbons (Fsp3) is 0.769. The molecule has 0 aromatic carbocycles. The Hall–Kier alpha value is -0.830. The number of aryl methyl sites for hydroxylation is 1. The minimum atomic E-state index is 0.983. The van der Waals surface area contributed by atoms with E-state index in [1.807, 2.05) is 0 Å². The Balaban J connectivity index is 2.42. The molecular formula is C13H25N3. The first-order valence-corrected chi connectivity index (χ1v) is 6.44. The van der Waals surface area contributed by atoms with E-state index in [1.165, 1.54) is 29.8 Å². The molecule has 16 heavy (non-hydrogen) atoms. The van der Waals surface area contributed by atoms with Crippen molar-refractivity contribution in [2.75, 3.05) is 13.1 Å². The molecule has 1 aromatic heterocycles. The molecule has 0 fully saturated rings. The van der Waals surface area contributed by atoms with Crippen LogP contribution in [0.5, 0.6) is 0 Å². The number of hydrogen-bond acceptors (Lipinski definition) is 2. The van der Waals surface area contributed by atoms with Crippen LogP contribution in [0.1, 0.15) is 43.6 Å². The second-order valence-corrected chi connectivity index (χ2v) is 4.33. The van der Waals surface area contributed by atoms with Crippen molar-refractivity contribution in [1.29, 1.82) is 0 Å². The third-order valence-electron chi connectivity index (χ3n) is 3.09. The third kappa shape index (κ3) is 3.34. The van der Waals surface area contributed by atoms with Crippen molar-refractivity contribution in [2.45, 2.75) is 53.5 Å². The lowest BCUT2D eigenvalue weighted by Crippen LogP contribution is -2.22. The highest BCUT2D eigenvalue weighted by molar-refractivity contribution is 5.24. The molecule has 0 amide bonds. The van der Waals surface area contributed by atoms with Crippen LogP contribution in [0.4, 0.5) is 0 Å². The van der Waals surface area contributed by atoms with Crippen LogP contribution in [-0.2, 0) is 13.0 Å². The van der Waals surface area contributed by atoms with Gasteiger partial charge in [-0.05, 0) is 38.8 Å². The number of rotatable bonds is 7. The normalized spacial score (nSPS) is 11.0. The number of aromatic nitrogens is 2. The van der Waals surface area contributed by atoms with Crippen LogP contribution in [0.15, 0.2) is 0 Å². The maximum absolute atomic E-state index is 4.58. The molecular weight excluding hydrogens is 198 g/mol. The summed E-state index contributed by atoms with van der Waals surface area (Å²) in [7, 11) is 0. The van der Waals surface area contributed by atoms with E-state index in [9.17, 15) is 0 Å². The molecule has 1 rings (SSSR count). The van der Waals surface area contributed by atoms with Gasteiger partial charge in [0.25, 0.3) is 0 Å². The SMILES string of the molecule is CCCCNCCn1nc(C)c(CC)c1C. The average molecular weight is 223 g/mol. The lowest BCUT2D eigenvalue weighted by Gasteiger charge is -2.06. The number of hydrogen-bond donors (Lipinski definition) is 1. The van der Waals surface area contributed by atoms with Crippen LogP contribution in [0.3, 0.4) is 0 Å². The van der Waals surface area contributed by atoms with Gasteiger partial charge in [-0.25, -0.2) is 0 Å². The van der Waals surface area contributed by atoms with Crippen LogP contribution in [-0.4, -0.2) is 22.9 Å². The van der Waals surface area contributed by atoms with Gasteiger partial charge in [-0.15, -0.1) is 0 Å². The van der Waals surface area contributed by atoms with Gasteiger partial charge in [0.15, 0.2) is 0 Å². The van der Waals surface area contributed by atoms with Gasteiger partial charge in [0.05, 0.1) is 12.2 Å². The Morgan fingerprint density at radius 3 is 2.50 bits per heavy atom. The van der Waals surface area contributed by atoms with Gasteiger partial charge in [0, 0.05) is 12.2 Å². The minimum Gasteiger partial charge on any atom is -0.315 e. The van der Waals surface area contributed by atoms with Gasteiger partial charge < -0.3 is 5.32 Å². The molecule has 0 aliphatic carbocycles. The Morgan fingerprint density at radius 2 is 1.94 bits per heavy atom. The zero-order chi connectivity index (χ0) is 12.0. The van der Waals surface area contributed by atoms with Gasteiger partial charge >= 0.3 is 0 Å². The summed E-state index contributed by atoms with van der Waals surface area (Å²) < 4.78 is 2.13. The van der Waals surface area contributed by atoms with Crippen LogP contribution in [0.25, 0.3) is 0 Å². The van der Waals surface area contributed by atoms with Gasteiger partial charge in [-0.2, -0.15) is 5.10 Å². The number of nitrogens with one attached hydrogen (secondary N) is 1. The van der Waals surface area contributed by atoms with E-state index in [4.69, 9.17) is 0 Å². The monoisotopic (exact) mass is 223 g/mol. The molecule has 0 atom stereocenters. The Morgan fingerprint density at radius 1 is 1.19 bits per heavy atom. The minimum absolute atomic E-state index is 0.983. The van der Waals surface area contributed by atoms with Crippen molar-refractivity contribution in [3.63, 3.8) is 0 Å². The molecule has 3 nitrogen and oxygen atoms in total. The van der Waals surface area contributed by atoms with E-state index < -0.39 is 0 Å². The van der Waals surface area contributed by atoms with Crippen molar-refractivity contribution in [3.8, 4) is 0 Å². The Kier molecular flexibility index (Phi) is 5.53. The van der Waals surface area contributed by atoms with E-state index in [1.54, 1.807) is 0 Å². The largest absolute Gasteiger partial charge is 0.315 e. The predicted octanol–water partition coefficient (Wildman–Crippen LogP) is 2.45. The summed E-state index contributed by atoms with van der Waals surface area (Å²) in [6, 6.07) is 0. The van der Waals surface area contributed by atoms with Crippen molar-refractivity contribution in [3.05, 3.63) is 17.0 Å². The zero-order valence-electron chi connectivity index (χ0n) is 11.1. The third-order valence-corrected chi connectivity index (χ3v) is 3.09. The summed E-state index contributed by atoms with van der Waals surface area (Å²) >= 11 is 0. The molecule has 1 N–H and O–H groups in total. The van der Waals surface area contributed by atoms with Crippen LogP contribution >= 0.6 is 0 Å². The highest BCUT2D eigenvalue weighted by atomic mass is 15.3. The number of unbranched alkanes of at least 4 members (excludes halogenated alkanes) is 1. The molecule has 0 spiro atoms. The Labute approximate surface area is 99.2 Å². The van der Waals surface area contributed by atoms with Crippen molar-refractivity contribution in [2.24, 2.45) is 0 Å². The molecule has 0 saturated heterocycles. The summed E-state index contributed by atoms with van der Waals surface area (Å²) in [6.07, 6.45) is 3.60. The summed E-state index contributed by atoms with van der Waals surface area (Å²) in [5.74, 6) is 0. The first-order valence-electron chi connectivity index (χ1n) is 6.44. The van der Waals surface area contributed by atoms with Crippen molar-refractivity contribution in [1.82, 2.24) is 15.1 Å². The second kappa shape index (κ2) is 6.69. The molecule has 0 bridgehead atoms. The molecule has 92 valence electrons. The highest BCUT2D eigenvalue weighted by Gasteiger charge is 2.08. The second-order valence-electron chi connectivity index (χ2n) is 4.33. The van der Waals surface area contributed by atoms with Crippen LogP contribution in [0, 0.1) is 13.8 Å². The molecule has 0 aliphatic rings. The standard InChI is InChI=1S/C13H25N3/c1-5-7-8-14-9-10-16-12(4)13(6-2)11(3)15-16/h14H,5-10H2,1-4H3. The molecule has 1 aromatic rings. The quantitative estimate of drug-likeness (QED) is 0.720. The van der Waals surface area contributed by atoms with Gasteiger partial charge in [-0.3, -0.25) is 4.68 Å². The fourth-order valence-corrected chi connectivity index (χ4v) is 2.08. The summed E-state index contributed by atoms with van der Waals surface area (Å²) in [5, 5.41) is 8.02. The van der Waals surface area contributed by atoms with Gasteiger partial charge in [-0.1, -0.05) is 20.3 Å². The highest BCUT2D eigenvalue weighted by Crippen LogP contribution is 2.12. The number of nitrogens with zero attached hydrogens (tertiary/aromatic N) is 2. The van der Waals surface area contributed by atoms with E-state index in [0.717, 1.165) is 26.1 Å². The van der Waals surface area contributed by atoms with Gasteiger partial charge in [0.1, 0.15) is 0 Å². The van der Waals surface area contributed by atoms with Crippen molar-refractivity contribution >= 4 is 0 Å². The molecule has 1 heterocycles. The van der Waals surface area contributed by atoms with Gasteiger partial charge in [0.2, 0.25) is 0 Å². The first-order chi connectivity index (χ1) is 7.70. The van der Waals surface area contributed by atoms with Crippen molar-refractivity contribution < 1.29 is 0 Å². The predicted molar refractivity (Wildman–Crippen MR) is 68.9 cm³/mol.